The summed E-state index contributed by atoms with van der Waals surface area (Å²) < 4.78 is 5.48. The first-order chi connectivity index (χ1) is 10.6. The van der Waals surface area contributed by atoms with Crippen molar-refractivity contribution in [1.29, 1.82) is 0 Å². The van der Waals surface area contributed by atoms with Gasteiger partial charge in [0.05, 0.1) is 5.39 Å². The fraction of sp³-hybridized carbons (Fsp3) is 0.0588. The highest BCUT2D eigenvalue weighted by Gasteiger charge is 2.12. The summed E-state index contributed by atoms with van der Waals surface area (Å²) in [4.78, 5) is 24.1. The first-order valence-corrected chi connectivity index (χ1v) is 7.07. The molecule has 0 aliphatic carbocycles. The second-order valence-electron chi connectivity index (χ2n) is 4.75. The lowest BCUT2D eigenvalue weighted by atomic mass is 10.2. The summed E-state index contributed by atoms with van der Waals surface area (Å²) in [6.45, 7) is 0.259. The van der Waals surface area contributed by atoms with Gasteiger partial charge in [0.15, 0.2) is 11.2 Å². The van der Waals surface area contributed by atoms with E-state index in [0.717, 1.165) is 5.56 Å². The molecule has 0 aliphatic rings. The van der Waals surface area contributed by atoms with Crippen molar-refractivity contribution < 1.29 is 9.21 Å². The summed E-state index contributed by atoms with van der Waals surface area (Å²) in [6.07, 6.45) is 0. The second kappa shape index (κ2) is 6.03. The predicted octanol–water partition coefficient (Wildman–Crippen LogP) is 3.38. The van der Waals surface area contributed by atoms with E-state index in [-0.39, 0.29) is 17.7 Å². The van der Waals surface area contributed by atoms with Crippen LogP contribution in [0.15, 0.2) is 63.8 Å². The molecule has 1 aromatic heterocycles. The van der Waals surface area contributed by atoms with Gasteiger partial charge in [-0.25, -0.2) is 0 Å². The largest absolute Gasteiger partial charge is 0.451 e. The molecule has 3 rings (SSSR count). The van der Waals surface area contributed by atoms with E-state index < -0.39 is 5.91 Å². The van der Waals surface area contributed by atoms with E-state index in [1.54, 1.807) is 30.3 Å². The Morgan fingerprint density at radius 1 is 1.09 bits per heavy atom. The lowest BCUT2D eigenvalue weighted by molar-refractivity contribution is 0.0923. The van der Waals surface area contributed by atoms with Gasteiger partial charge in [-0.1, -0.05) is 41.9 Å². The monoisotopic (exact) mass is 313 g/mol. The molecule has 0 radical (unpaired) electrons. The van der Waals surface area contributed by atoms with E-state index >= 15 is 0 Å². The molecule has 2 aromatic carbocycles. The zero-order valence-corrected chi connectivity index (χ0v) is 12.3. The van der Waals surface area contributed by atoms with Gasteiger partial charge in [-0.05, 0) is 23.8 Å². The lowest BCUT2D eigenvalue weighted by Crippen LogP contribution is -2.24. The highest BCUT2D eigenvalue weighted by atomic mass is 35.5. The molecule has 22 heavy (non-hydrogen) atoms. The summed E-state index contributed by atoms with van der Waals surface area (Å²) in [6, 6.07) is 15.2. The van der Waals surface area contributed by atoms with Crippen molar-refractivity contribution in [2.24, 2.45) is 0 Å². The number of rotatable bonds is 3. The lowest BCUT2D eigenvalue weighted by Gasteiger charge is -2.07. The van der Waals surface area contributed by atoms with Crippen LogP contribution < -0.4 is 10.7 Å². The number of carbonyl (C=O) groups is 1. The van der Waals surface area contributed by atoms with Crippen LogP contribution in [0.3, 0.4) is 0 Å². The van der Waals surface area contributed by atoms with Gasteiger partial charge in [-0.3, -0.25) is 9.59 Å². The van der Waals surface area contributed by atoms with Crippen LogP contribution in [0.4, 0.5) is 0 Å². The van der Waals surface area contributed by atoms with Crippen LogP contribution in [0.5, 0.6) is 0 Å². The number of hydrogen-bond acceptors (Lipinski definition) is 3. The molecule has 0 saturated heterocycles. The van der Waals surface area contributed by atoms with Crippen LogP contribution in [0.2, 0.25) is 5.02 Å². The minimum Gasteiger partial charge on any atom is -0.451 e. The molecule has 3 aromatic rings. The van der Waals surface area contributed by atoms with Gasteiger partial charge in [0, 0.05) is 17.6 Å². The average Bonchev–Trinajstić information content (AvgIpc) is 2.54. The first-order valence-electron chi connectivity index (χ1n) is 6.69. The molecule has 110 valence electrons. The molecule has 5 heteroatoms. The topological polar surface area (TPSA) is 59.3 Å². The Morgan fingerprint density at radius 2 is 1.82 bits per heavy atom. The number of nitrogens with one attached hydrogen (secondary N) is 1. The van der Waals surface area contributed by atoms with Crippen molar-refractivity contribution in [3.8, 4) is 0 Å². The van der Waals surface area contributed by atoms with E-state index in [1.165, 1.54) is 6.07 Å². The molecule has 0 saturated carbocycles. The molecular weight excluding hydrogens is 302 g/mol. The Balaban J connectivity index is 1.84. The van der Waals surface area contributed by atoms with Crippen LogP contribution in [0, 0.1) is 0 Å². The van der Waals surface area contributed by atoms with E-state index in [4.69, 9.17) is 16.0 Å². The summed E-state index contributed by atoms with van der Waals surface area (Å²) in [5.74, 6) is -0.474. The standard InChI is InChI=1S/C17H12ClNO3/c18-13-7-3-1-5-11(13)10-19-17(21)16-9-14(20)12-6-2-4-8-15(12)22-16/h1-9H,10H2,(H,19,21). The number of hydrogen-bond donors (Lipinski definition) is 1. The minimum absolute atomic E-state index is 0.0178. The summed E-state index contributed by atoms with van der Waals surface area (Å²) in [5, 5.41) is 3.71. The Labute approximate surface area is 131 Å². The number of fused-ring (bicyclic) bond motifs is 1. The van der Waals surface area contributed by atoms with Crippen molar-refractivity contribution in [2.75, 3.05) is 0 Å². The van der Waals surface area contributed by atoms with E-state index in [2.05, 4.69) is 5.32 Å². The van der Waals surface area contributed by atoms with E-state index in [0.29, 0.717) is 16.0 Å². The first kappa shape index (κ1) is 14.4. The minimum atomic E-state index is -0.456. The Bertz CT molecular complexity index is 902. The van der Waals surface area contributed by atoms with Crippen LogP contribution in [0.25, 0.3) is 11.0 Å². The van der Waals surface area contributed by atoms with Gasteiger partial charge in [0.1, 0.15) is 5.58 Å². The number of para-hydroxylation sites is 1. The fourth-order valence-electron chi connectivity index (χ4n) is 2.12. The number of carbonyl (C=O) groups excluding carboxylic acids is 1. The van der Waals surface area contributed by atoms with Gasteiger partial charge < -0.3 is 9.73 Å². The highest BCUT2D eigenvalue weighted by Crippen LogP contribution is 2.15. The maximum absolute atomic E-state index is 12.1. The van der Waals surface area contributed by atoms with Gasteiger partial charge in [0.2, 0.25) is 0 Å². The average molecular weight is 314 g/mol. The van der Waals surface area contributed by atoms with Crippen molar-refractivity contribution >= 4 is 28.5 Å². The molecule has 0 atom stereocenters. The maximum atomic E-state index is 12.1. The number of benzene rings is 2. The summed E-state index contributed by atoms with van der Waals surface area (Å²) >= 11 is 6.03. The molecular formula is C17H12ClNO3. The van der Waals surface area contributed by atoms with Crippen LogP contribution in [-0.2, 0) is 6.54 Å². The quantitative estimate of drug-likeness (QED) is 0.806. The smallest absolute Gasteiger partial charge is 0.287 e. The van der Waals surface area contributed by atoms with Crippen LogP contribution in [-0.4, -0.2) is 5.91 Å². The molecule has 0 bridgehead atoms. The highest BCUT2D eigenvalue weighted by molar-refractivity contribution is 6.31. The number of amides is 1. The molecule has 0 spiro atoms. The third-order valence-corrected chi connectivity index (χ3v) is 3.62. The molecule has 0 unspecified atom stereocenters. The number of halogens is 1. The Kier molecular flexibility index (Phi) is 3.94. The molecule has 1 N–H and O–H groups in total. The van der Waals surface area contributed by atoms with E-state index in [9.17, 15) is 9.59 Å². The fourth-order valence-corrected chi connectivity index (χ4v) is 2.32. The zero-order valence-electron chi connectivity index (χ0n) is 11.5. The molecule has 1 heterocycles. The van der Waals surface area contributed by atoms with Gasteiger partial charge in [-0.15, -0.1) is 0 Å². The molecule has 4 nitrogen and oxygen atoms in total. The van der Waals surface area contributed by atoms with Gasteiger partial charge in [-0.2, -0.15) is 0 Å². The van der Waals surface area contributed by atoms with Crippen molar-refractivity contribution in [3.05, 3.63) is 81.2 Å². The second-order valence-corrected chi connectivity index (χ2v) is 5.15. The maximum Gasteiger partial charge on any atom is 0.287 e. The normalized spacial score (nSPS) is 10.6. The van der Waals surface area contributed by atoms with Crippen LogP contribution in [0.1, 0.15) is 16.1 Å². The van der Waals surface area contributed by atoms with Crippen molar-refractivity contribution in [2.45, 2.75) is 6.54 Å². The molecule has 0 aliphatic heterocycles. The van der Waals surface area contributed by atoms with Crippen molar-refractivity contribution in [3.63, 3.8) is 0 Å². The van der Waals surface area contributed by atoms with Gasteiger partial charge >= 0.3 is 0 Å². The summed E-state index contributed by atoms with van der Waals surface area (Å²) in [7, 11) is 0. The molecule has 1 amide bonds. The predicted molar refractivity (Wildman–Crippen MR) is 85.1 cm³/mol. The Hall–Kier alpha value is -2.59. The zero-order chi connectivity index (χ0) is 15.5. The third kappa shape index (κ3) is 2.87. The summed E-state index contributed by atoms with van der Waals surface area (Å²) in [5.41, 5.74) is 0.934. The Morgan fingerprint density at radius 3 is 2.64 bits per heavy atom. The van der Waals surface area contributed by atoms with E-state index in [1.807, 2.05) is 18.2 Å². The van der Waals surface area contributed by atoms with Crippen molar-refractivity contribution in [1.82, 2.24) is 5.32 Å². The van der Waals surface area contributed by atoms with Crippen LogP contribution >= 0.6 is 11.6 Å². The van der Waals surface area contributed by atoms with Gasteiger partial charge in [0.25, 0.3) is 5.91 Å². The molecule has 0 fully saturated rings. The SMILES string of the molecule is O=C(NCc1ccccc1Cl)c1cc(=O)c2ccccc2o1. The third-order valence-electron chi connectivity index (χ3n) is 3.26.